The van der Waals surface area contributed by atoms with Gasteiger partial charge < -0.3 is 9.67 Å². The highest BCUT2D eigenvalue weighted by Gasteiger charge is 2.58. The second-order valence-corrected chi connectivity index (χ2v) is 10.2. The van der Waals surface area contributed by atoms with Crippen LogP contribution in [0.25, 0.3) is 11.3 Å². The summed E-state index contributed by atoms with van der Waals surface area (Å²) in [7, 11) is -3.51. The predicted octanol–water partition coefficient (Wildman–Crippen LogP) is 1.77. The normalized spacial score (nSPS) is 28.4. The average Bonchev–Trinajstić information content (AvgIpc) is 3.27. The zero-order valence-electron chi connectivity index (χ0n) is 15.4. The second kappa shape index (κ2) is 6.14. The molecule has 1 aliphatic carbocycles. The zero-order valence-corrected chi connectivity index (χ0v) is 16.2. The molecule has 3 aliphatic rings. The molecular formula is C20H22N4O3S. The predicted molar refractivity (Wildman–Crippen MR) is 103 cm³/mol. The Labute approximate surface area is 164 Å². The van der Waals surface area contributed by atoms with Gasteiger partial charge in [0, 0.05) is 24.6 Å². The molecule has 1 aromatic carbocycles. The molecular weight excluding hydrogens is 376 g/mol. The first-order chi connectivity index (χ1) is 13.5. The van der Waals surface area contributed by atoms with Gasteiger partial charge in [-0.2, -0.15) is 5.26 Å². The number of aliphatic hydroxyl groups is 1. The molecule has 28 heavy (non-hydrogen) atoms. The number of hydrogen-bond acceptors (Lipinski definition) is 5. The van der Waals surface area contributed by atoms with E-state index in [-0.39, 0.29) is 17.4 Å². The summed E-state index contributed by atoms with van der Waals surface area (Å²) < 4.78 is 27.8. The maximum absolute atomic E-state index is 12.1. The molecule has 0 amide bonds. The van der Waals surface area contributed by atoms with E-state index >= 15 is 0 Å². The summed E-state index contributed by atoms with van der Waals surface area (Å²) in [5.74, 6) is -0.383. The molecule has 1 saturated heterocycles. The molecule has 2 fully saturated rings. The van der Waals surface area contributed by atoms with Crippen LogP contribution in [0.4, 0.5) is 0 Å². The number of sulfonamides is 1. The largest absolute Gasteiger partial charge is 0.392 e. The molecule has 8 heteroatoms. The molecule has 7 nitrogen and oxygen atoms in total. The Kier molecular flexibility index (Phi) is 3.92. The molecule has 5 rings (SSSR count). The van der Waals surface area contributed by atoms with Crippen molar-refractivity contribution in [1.82, 2.24) is 13.9 Å². The van der Waals surface area contributed by atoms with Crippen LogP contribution in [-0.4, -0.2) is 52.3 Å². The van der Waals surface area contributed by atoms with Gasteiger partial charge in [-0.1, -0.05) is 24.3 Å². The van der Waals surface area contributed by atoms with Gasteiger partial charge in [0.1, 0.15) is 0 Å². The van der Waals surface area contributed by atoms with Gasteiger partial charge in [0.2, 0.25) is 10.0 Å². The molecule has 3 heterocycles. The van der Waals surface area contributed by atoms with Crippen LogP contribution in [0.3, 0.4) is 0 Å². The Morgan fingerprint density at radius 1 is 1.29 bits per heavy atom. The smallest absolute Gasteiger partial charge is 0.227 e. The van der Waals surface area contributed by atoms with Crippen molar-refractivity contribution in [1.29, 1.82) is 5.26 Å². The number of benzene rings is 1. The topological polar surface area (TPSA) is 99.2 Å². The van der Waals surface area contributed by atoms with Gasteiger partial charge >= 0.3 is 0 Å². The summed E-state index contributed by atoms with van der Waals surface area (Å²) in [5.41, 5.74) is 3.27. The Morgan fingerprint density at radius 3 is 2.75 bits per heavy atom. The molecule has 1 saturated carbocycles. The Hall–Kier alpha value is -2.21. The summed E-state index contributed by atoms with van der Waals surface area (Å²) in [6.45, 7) is 0.761. The van der Waals surface area contributed by atoms with Gasteiger partial charge in [0.25, 0.3) is 0 Å². The number of hydrogen-bond donors (Lipinski definition) is 1. The van der Waals surface area contributed by atoms with Crippen LogP contribution < -0.4 is 0 Å². The number of nitrogens with zero attached hydrogens (tertiary/aromatic N) is 4. The zero-order chi connectivity index (χ0) is 19.5. The number of fused-ring (bicyclic) bond motifs is 3. The highest BCUT2D eigenvalue weighted by atomic mass is 32.2. The maximum atomic E-state index is 12.1. The van der Waals surface area contributed by atoms with Gasteiger partial charge in [-0.3, -0.25) is 0 Å². The lowest BCUT2D eigenvalue weighted by molar-refractivity contribution is -0.152. The van der Waals surface area contributed by atoms with Crippen LogP contribution in [0.15, 0.2) is 36.8 Å². The summed E-state index contributed by atoms with van der Waals surface area (Å²) in [6.07, 6.45) is 5.39. The van der Waals surface area contributed by atoms with Crippen LogP contribution >= 0.6 is 0 Å². The van der Waals surface area contributed by atoms with Crippen molar-refractivity contribution in [2.75, 3.05) is 18.8 Å². The molecule has 146 valence electrons. The fourth-order valence-electron chi connectivity index (χ4n) is 5.47. The molecule has 3 atom stereocenters. The molecule has 2 aliphatic heterocycles. The van der Waals surface area contributed by atoms with E-state index in [1.54, 1.807) is 6.07 Å². The van der Waals surface area contributed by atoms with Crippen LogP contribution in [0.2, 0.25) is 0 Å². The molecule has 0 unspecified atom stereocenters. The lowest BCUT2D eigenvalue weighted by Gasteiger charge is -2.57. The molecule has 0 radical (unpaired) electrons. The van der Waals surface area contributed by atoms with E-state index in [2.05, 4.69) is 21.7 Å². The Bertz CT molecular complexity index is 1060. The van der Waals surface area contributed by atoms with Crippen molar-refractivity contribution in [3.05, 3.63) is 42.4 Å². The van der Waals surface area contributed by atoms with E-state index < -0.39 is 21.9 Å². The van der Waals surface area contributed by atoms with Crippen LogP contribution in [0.5, 0.6) is 0 Å². The van der Waals surface area contributed by atoms with Gasteiger partial charge in [-0.25, -0.2) is 17.7 Å². The minimum Gasteiger partial charge on any atom is -0.392 e. The summed E-state index contributed by atoms with van der Waals surface area (Å²) in [6, 6.07) is 10.1. The molecule has 0 bridgehead atoms. The SMILES string of the molecule is N#CCS(=O)(=O)N1CCC2(CC1)C[C@H]([C@@H]1c3ccccc3-c3cncn31)[C@@H]2O. The highest BCUT2D eigenvalue weighted by molar-refractivity contribution is 7.89. The summed E-state index contributed by atoms with van der Waals surface area (Å²) in [4.78, 5) is 4.30. The van der Waals surface area contributed by atoms with E-state index in [4.69, 9.17) is 5.26 Å². The van der Waals surface area contributed by atoms with E-state index in [9.17, 15) is 13.5 Å². The second-order valence-electron chi connectivity index (χ2n) is 8.21. The van der Waals surface area contributed by atoms with E-state index in [0.717, 1.165) is 12.1 Å². The molecule has 1 spiro atoms. The van der Waals surface area contributed by atoms with Crippen molar-refractivity contribution in [3.8, 4) is 17.3 Å². The third-order valence-electron chi connectivity index (χ3n) is 6.96. The number of rotatable bonds is 3. The fourth-order valence-corrected chi connectivity index (χ4v) is 6.56. The first-order valence-electron chi connectivity index (χ1n) is 9.61. The molecule has 2 aromatic rings. The minimum atomic E-state index is -3.51. The lowest BCUT2D eigenvalue weighted by atomic mass is 9.53. The average molecular weight is 398 g/mol. The first kappa shape index (κ1) is 17.9. The monoisotopic (exact) mass is 398 g/mol. The van der Waals surface area contributed by atoms with Gasteiger partial charge in [0.15, 0.2) is 5.75 Å². The van der Waals surface area contributed by atoms with E-state index in [1.165, 1.54) is 15.4 Å². The Balaban J connectivity index is 1.35. The minimum absolute atomic E-state index is 0.0784. The van der Waals surface area contributed by atoms with Crippen molar-refractivity contribution in [2.45, 2.75) is 31.4 Å². The van der Waals surface area contributed by atoms with Gasteiger partial charge in [-0.15, -0.1) is 0 Å². The number of piperidine rings is 1. The van der Waals surface area contributed by atoms with E-state index in [1.807, 2.05) is 24.7 Å². The quantitative estimate of drug-likeness (QED) is 0.849. The fraction of sp³-hybridized carbons (Fsp3) is 0.500. The van der Waals surface area contributed by atoms with Gasteiger partial charge in [0.05, 0.1) is 36.4 Å². The van der Waals surface area contributed by atoms with Crippen molar-refractivity contribution in [3.63, 3.8) is 0 Å². The van der Waals surface area contributed by atoms with Gasteiger partial charge in [-0.05, 0) is 30.2 Å². The maximum Gasteiger partial charge on any atom is 0.227 e. The number of aliphatic hydroxyl groups excluding tert-OH is 1. The van der Waals surface area contributed by atoms with Crippen LogP contribution in [0.1, 0.15) is 30.9 Å². The number of aromatic nitrogens is 2. The third kappa shape index (κ3) is 2.40. The number of imidazole rings is 1. The van der Waals surface area contributed by atoms with Crippen molar-refractivity contribution < 1.29 is 13.5 Å². The van der Waals surface area contributed by atoms with E-state index in [0.29, 0.717) is 25.9 Å². The third-order valence-corrected chi connectivity index (χ3v) is 8.61. The highest BCUT2D eigenvalue weighted by Crippen LogP contribution is 2.59. The molecule has 1 N–H and O–H groups in total. The Morgan fingerprint density at radius 2 is 2.04 bits per heavy atom. The van der Waals surface area contributed by atoms with Crippen molar-refractivity contribution in [2.24, 2.45) is 11.3 Å². The summed E-state index contributed by atoms with van der Waals surface area (Å²) in [5, 5.41) is 19.9. The van der Waals surface area contributed by atoms with Crippen LogP contribution in [-0.2, 0) is 10.0 Å². The molecule has 1 aromatic heterocycles. The standard InChI is InChI=1S/C20H22N4O3S/c21-7-10-28(26,27)23-8-5-20(6-9-23)11-16(19(20)25)18-15-4-2-1-3-14(15)17-12-22-13-24(17)18/h1-4,12-13,16,18-19,25H,5-6,8-11H2/t16-,18+,19+/m1/s1. The number of nitriles is 1. The first-order valence-corrected chi connectivity index (χ1v) is 11.2. The van der Waals surface area contributed by atoms with Crippen LogP contribution in [0, 0.1) is 22.7 Å². The summed E-state index contributed by atoms with van der Waals surface area (Å²) >= 11 is 0. The van der Waals surface area contributed by atoms with Crippen molar-refractivity contribution >= 4 is 10.0 Å². The lowest BCUT2D eigenvalue weighted by Crippen LogP contribution is -2.60.